The van der Waals surface area contributed by atoms with E-state index in [2.05, 4.69) is 0 Å². The Balaban J connectivity index is 2.73. The first-order valence-electron chi connectivity index (χ1n) is 3.94. The van der Waals surface area contributed by atoms with Crippen molar-refractivity contribution in [2.75, 3.05) is 0 Å². The minimum absolute atomic E-state index is 0.104. The molecule has 0 aromatic rings. The Kier molecular flexibility index (Phi) is 2.21. The van der Waals surface area contributed by atoms with Crippen molar-refractivity contribution in [1.29, 1.82) is 0 Å². The predicted octanol–water partition coefficient (Wildman–Crippen LogP) is 2.49. The van der Waals surface area contributed by atoms with Gasteiger partial charge in [0.25, 0.3) is 0 Å². The normalized spacial score (nSPS) is 33.2. The van der Waals surface area contributed by atoms with Crippen LogP contribution in [0.1, 0.15) is 20.8 Å². The Morgan fingerprint density at radius 1 is 1.58 bits per heavy atom. The molecule has 3 heteroatoms. The van der Waals surface area contributed by atoms with E-state index in [9.17, 15) is 4.79 Å². The van der Waals surface area contributed by atoms with Crippen molar-refractivity contribution in [3.05, 3.63) is 11.1 Å². The lowest BCUT2D eigenvalue weighted by Gasteiger charge is -1.96. The Morgan fingerprint density at radius 2 is 2.08 bits per heavy atom. The van der Waals surface area contributed by atoms with Crippen molar-refractivity contribution in [2.45, 2.75) is 20.8 Å². The zero-order valence-corrected chi connectivity index (χ0v) is 8.22. The highest BCUT2D eigenvalue weighted by atomic mass is 35.5. The average Bonchev–Trinajstić information content (AvgIpc) is 2.32. The van der Waals surface area contributed by atoms with Gasteiger partial charge in [-0.15, -0.1) is 0 Å². The molecule has 1 N–H and O–H groups in total. The predicted molar refractivity (Wildman–Crippen MR) is 48.0 cm³/mol. The third kappa shape index (κ3) is 1.48. The first-order chi connectivity index (χ1) is 5.37. The summed E-state index contributed by atoms with van der Waals surface area (Å²) in [5.41, 5.74) is -0.123. The van der Waals surface area contributed by atoms with Gasteiger partial charge < -0.3 is 5.11 Å². The van der Waals surface area contributed by atoms with Crippen LogP contribution in [-0.4, -0.2) is 11.1 Å². The van der Waals surface area contributed by atoms with E-state index < -0.39 is 5.97 Å². The monoisotopic (exact) mass is 188 g/mol. The van der Waals surface area contributed by atoms with E-state index in [1.54, 1.807) is 6.92 Å². The molecule has 0 amide bonds. The van der Waals surface area contributed by atoms with Crippen LogP contribution in [-0.2, 0) is 4.79 Å². The minimum atomic E-state index is -0.723. The van der Waals surface area contributed by atoms with E-state index in [-0.39, 0.29) is 17.3 Å². The molecule has 0 aliphatic heterocycles. The maximum absolute atomic E-state index is 10.7. The van der Waals surface area contributed by atoms with Gasteiger partial charge in [0.15, 0.2) is 0 Å². The highest BCUT2D eigenvalue weighted by Crippen LogP contribution is 2.59. The van der Waals surface area contributed by atoms with Gasteiger partial charge in [0, 0.05) is 5.03 Å². The van der Waals surface area contributed by atoms with Crippen LogP contribution in [0.2, 0.25) is 0 Å². The summed E-state index contributed by atoms with van der Waals surface area (Å²) in [5.74, 6) is -0.877. The zero-order chi connectivity index (χ0) is 9.52. The molecule has 1 aliphatic carbocycles. The minimum Gasteiger partial charge on any atom is -0.481 e. The summed E-state index contributed by atoms with van der Waals surface area (Å²) in [6.45, 7) is 5.68. The quantitative estimate of drug-likeness (QED) is 0.723. The van der Waals surface area contributed by atoms with E-state index in [4.69, 9.17) is 16.7 Å². The third-order valence-electron chi connectivity index (χ3n) is 2.59. The van der Waals surface area contributed by atoms with Gasteiger partial charge in [0.05, 0.1) is 5.92 Å². The SMILES string of the molecule is CC(Cl)=C[C@@H]1[C@@H](C(=O)O)C1(C)C. The Hall–Kier alpha value is -0.500. The van der Waals surface area contributed by atoms with Crippen LogP contribution in [0, 0.1) is 17.3 Å². The molecule has 0 saturated heterocycles. The number of halogens is 1. The zero-order valence-electron chi connectivity index (χ0n) is 7.47. The maximum Gasteiger partial charge on any atom is 0.307 e. The van der Waals surface area contributed by atoms with Crippen LogP contribution >= 0.6 is 11.6 Å². The molecule has 68 valence electrons. The van der Waals surface area contributed by atoms with Crippen LogP contribution in [0.4, 0.5) is 0 Å². The van der Waals surface area contributed by atoms with Gasteiger partial charge in [0.2, 0.25) is 0 Å². The number of hydrogen-bond acceptors (Lipinski definition) is 1. The maximum atomic E-state index is 10.7. The van der Waals surface area contributed by atoms with Crippen LogP contribution < -0.4 is 0 Å². The summed E-state index contributed by atoms with van der Waals surface area (Å²) in [6.07, 6.45) is 1.83. The van der Waals surface area contributed by atoms with E-state index >= 15 is 0 Å². The van der Waals surface area contributed by atoms with Crippen LogP contribution in [0.5, 0.6) is 0 Å². The largest absolute Gasteiger partial charge is 0.481 e. The molecule has 2 atom stereocenters. The standard InChI is InChI=1S/C9H13ClO2/c1-5(10)4-6-7(8(11)12)9(6,2)3/h4,6-7H,1-3H3,(H,11,12)/t6-,7+/m1/s1. The van der Waals surface area contributed by atoms with Crippen LogP contribution in [0.3, 0.4) is 0 Å². The van der Waals surface area contributed by atoms with Gasteiger partial charge in [-0.1, -0.05) is 31.5 Å². The van der Waals surface area contributed by atoms with Crippen molar-refractivity contribution in [1.82, 2.24) is 0 Å². The Bertz CT molecular complexity index is 239. The number of carboxylic acids is 1. The number of aliphatic carboxylic acids is 1. The lowest BCUT2D eigenvalue weighted by molar-refractivity contribution is -0.139. The molecule has 2 nitrogen and oxygen atoms in total. The summed E-state index contributed by atoms with van der Waals surface area (Å²) < 4.78 is 0. The highest BCUT2D eigenvalue weighted by Gasteiger charge is 2.60. The van der Waals surface area contributed by atoms with E-state index in [1.165, 1.54) is 0 Å². The molecule has 0 spiro atoms. The molecule has 0 heterocycles. The molecule has 0 aromatic heterocycles. The van der Waals surface area contributed by atoms with Gasteiger partial charge in [-0.05, 0) is 18.3 Å². The van der Waals surface area contributed by atoms with Gasteiger partial charge >= 0.3 is 5.97 Å². The average molecular weight is 189 g/mol. The van der Waals surface area contributed by atoms with Crippen molar-refractivity contribution in [3.8, 4) is 0 Å². The third-order valence-corrected chi connectivity index (χ3v) is 2.71. The second-order valence-electron chi connectivity index (χ2n) is 3.92. The van der Waals surface area contributed by atoms with E-state index in [0.717, 1.165) is 0 Å². The van der Waals surface area contributed by atoms with Gasteiger partial charge in [-0.2, -0.15) is 0 Å². The molecule has 0 unspecified atom stereocenters. The number of rotatable bonds is 2. The molecular weight excluding hydrogens is 176 g/mol. The molecule has 1 rings (SSSR count). The molecule has 12 heavy (non-hydrogen) atoms. The Labute approximate surface area is 77.2 Å². The summed E-state index contributed by atoms with van der Waals surface area (Å²) in [4.78, 5) is 10.7. The summed E-state index contributed by atoms with van der Waals surface area (Å²) in [7, 11) is 0. The number of carboxylic acid groups (broad SMARTS) is 1. The highest BCUT2D eigenvalue weighted by molar-refractivity contribution is 6.29. The van der Waals surface area contributed by atoms with Crippen LogP contribution in [0.15, 0.2) is 11.1 Å². The molecule has 1 saturated carbocycles. The molecular formula is C9H13ClO2. The van der Waals surface area contributed by atoms with Crippen molar-refractivity contribution in [3.63, 3.8) is 0 Å². The lowest BCUT2D eigenvalue weighted by Crippen LogP contribution is -2.02. The van der Waals surface area contributed by atoms with Crippen molar-refractivity contribution >= 4 is 17.6 Å². The van der Waals surface area contributed by atoms with Gasteiger partial charge in [0.1, 0.15) is 0 Å². The van der Waals surface area contributed by atoms with Gasteiger partial charge in [-0.3, -0.25) is 4.79 Å². The molecule has 0 radical (unpaired) electrons. The van der Waals surface area contributed by atoms with Gasteiger partial charge in [-0.25, -0.2) is 0 Å². The first kappa shape index (κ1) is 9.59. The summed E-state index contributed by atoms with van der Waals surface area (Å²) in [5, 5.41) is 9.48. The fourth-order valence-corrected chi connectivity index (χ4v) is 1.84. The fraction of sp³-hybridized carbons (Fsp3) is 0.667. The molecule has 1 fully saturated rings. The van der Waals surface area contributed by atoms with Crippen molar-refractivity contribution in [2.24, 2.45) is 17.3 Å². The summed E-state index contributed by atoms with van der Waals surface area (Å²) in [6, 6.07) is 0. The van der Waals surface area contributed by atoms with E-state index in [1.807, 2.05) is 19.9 Å². The second kappa shape index (κ2) is 2.77. The van der Waals surface area contributed by atoms with Crippen molar-refractivity contribution < 1.29 is 9.90 Å². The van der Waals surface area contributed by atoms with Crippen LogP contribution in [0.25, 0.3) is 0 Å². The summed E-state index contributed by atoms with van der Waals surface area (Å²) >= 11 is 5.68. The smallest absolute Gasteiger partial charge is 0.307 e. The molecule has 0 bridgehead atoms. The second-order valence-corrected chi connectivity index (χ2v) is 4.51. The molecule has 1 aliphatic rings. The number of hydrogen-bond donors (Lipinski definition) is 1. The Morgan fingerprint density at radius 3 is 2.33 bits per heavy atom. The number of allylic oxidation sites excluding steroid dienone is 2. The number of carbonyl (C=O) groups is 1. The lowest BCUT2D eigenvalue weighted by atomic mass is 10.1. The first-order valence-corrected chi connectivity index (χ1v) is 4.32. The topological polar surface area (TPSA) is 37.3 Å². The van der Waals surface area contributed by atoms with E-state index in [0.29, 0.717) is 5.03 Å². The fourth-order valence-electron chi connectivity index (χ4n) is 1.71. The molecule has 0 aromatic carbocycles.